The number of benzene rings is 1. The molecule has 1 aromatic heterocycles. The Morgan fingerprint density at radius 3 is 2.55 bits per heavy atom. The predicted molar refractivity (Wildman–Crippen MR) is 69.3 cm³/mol. The largest absolute Gasteiger partial charge is 0.508 e. The molecule has 0 aliphatic carbocycles. The molecule has 1 atom stereocenters. The highest BCUT2D eigenvalue weighted by molar-refractivity contribution is 5.96. The fourth-order valence-electron chi connectivity index (χ4n) is 1.68. The van der Waals surface area contributed by atoms with Crippen molar-refractivity contribution in [2.45, 2.75) is 12.5 Å². The first kappa shape index (κ1) is 13.6. The van der Waals surface area contributed by atoms with Crippen molar-refractivity contribution in [2.75, 3.05) is 0 Å². The van der Waals surface area contributed by atoms with Crippen molar-refractivity contribution in [1.82, 2.24) is 15.5 Å². The third-order valence-corrected chi connectivity index (χ3v) is 2.74. The molecule has 7 nitrogen and oxygen atoms in total. The number of aromatic nitrogens is 2. The number of carboxylic acids is 1. The summed E-state index contributed by atoms with van der Waals surface area (Å²) in [5.74, 6) is -1.54. The van der Waals surface area contributed by atoms with Gasteiger partial charge in [0, 0.05) is 12.6 Å². The van der Waals surface area contributed by atoms with E-state index in [9.17, 15) is 14.7 Å². The minimum atomic E-state index is -1.13. The first-order chi connectivity index (χ1) is 9.56. The number of hydrogen-bond acceptors (Lipinski definition) is 4. The maximum absolute atomic E-state index is 11.8. The second kappa shape index (κ2) is 5.87. The third kappa shape index (κ3) is 3.35. The Kier molecular flexibility index (Phi) is 3.99. The minimum absolute atomic E-state index is 0.100. The van der Waals surface area contributed by atoms with Gasteiger partial charge in [0.15, 0.2) is 0 Å². The molecule has 0 bridgehead atoms. The van der Waals surface area contributed by atoms with E-state index in [2.05, 4.69) is 15.5 Å². The first-order valence-corrected chi connectivity index (χ1v) is 5.86. The second-order valence-corrected chi connectivity index (χ2v) is 4.22. The van der Waals surface area contributed by atoms with Crippen molar-refractivity contribution in [3.05, 3.63) is 47.8 Å². The lowest BCUT2D eigenvalue weighted by Crippen LogP contribution is -2.42. The molecule has 0 saturated carbocycles. The summed E-state index contributed by atoms with van der Waals surface area (Å²) in [5.41, 5.74) is 0.963. The van der Waals surface area contributed by atoms with E-state index in [1.807, 2.05) is 0 Å². The Morgan fingerprint density at radius 1 is 1.30 bits per heavy atom. The van der Waals surface area contributed by atoms with Crippen LogP contribution >= 0.6 is 0 Å². The van der Waals surface area contributed by atoms with Crippen LogP contribution < -0.4 is 5.32 Å². The summed E-state index contributed by atoms with van der Waals surface area (Å²) in [7, 11) is 0. The Morgan fingerprint density at radius 2 is 2.00 bits per heavy atom. The summed E-state index contributed by atoms with van der Waals surface area (Å²) >= 11 is 0. The number of phenolic OH excluding ortho intramolecular Hbond substituents is 1. The molecule has 1 heterocycles. The SMILES string of the molecule is O=C(NC(Cc1ccc(O)cc1)C(=O)O)c1cn[nH]c1. The van der Waals surface area contributed by atoms with Gasteiger partial charge in [0.05, 0.1) is 11.8 Å². The molecule has 0 saturated heterocycles. The van der Waals surface area contributed by atoms with E-state index >= 15 is 0 Å². The van der Waals surface area contributed by atoms with Crippen LogP contribution in [-0.4, -0.2) is 38.3 Å². The molecule has 1 amide bonds. The fourth-order valence-corrected chi connectivity index (χ4v) is 1.68. The molecule has 1 aromatic carbocycles. The Balaban J connectivity index is 2.06. The van der Waals surface area contributed by atoms with E-state index in [1.54, 1.807) is 12.1 Å². The fraction of sp³-hybridized carbons (Fsp3) is 0.154. The topological polar surface area (TPSA) is 115 Å². The molecular weight excluding hydrogens is 262 g/mol. The second-order valence-electron chi connectivity index (χ2n) is 4.22. The maximum atomic E-state index is 11.8. The number of carbonyl (C=O) groups excluding carboxylic acids is 1. The number of phenols is 1. The lowest BCUT2D eigenvalue weighted by atomic mass is 10.1. The zero-order valence-electron chi connectivity index (χ0n) is 10.4. The summed E-state index contributed by atoms with van der Waals surface area (Å²) < 4.78 is 0. The van der Waals surface area contributed by atoms with Gasteiger partial charge in [-0.15, -0.1) is 0 Å². The lowest BCUT2D eigenvalue weighted by Gasteiger charge is -2.14. The number of aliphatic carboxylic acids is 1. The van der Waals surface area contributed by atoms with E-state index in [0.717, 1.165) is 0 Å². The van der Waals surface area contributed by atoms with Gasteiger partial charge in [-0.05, 0) is 17.7 Å². The monoisotopic (exact) mass is 275 g/mol. The number of carbonyl (C=O) groups is 2. The maximum Gasteiger partial charge on any atom is 0.326 e. The molecule has 0 aliphatic rings. The van der Waals surface area contributed by atoms with Crippen LogP contribution in [0.1, 0.15) is 15.9 Å². The number of nitrogens with zero attached hydrogens (tertiary/aromatic N) is 1. The molecule has 0 radical (unpaired) electrons. The Bertz CT molecular complexity index is 593. The molecule has 4 N–H and O–H groups in total. The van der Waals surface area contributed by atoms with E-state index < -0.39 is 17.9 Å². The number of amides is 1. The standard InChI is InChI=1S/C13H13N3O4/c17-10-3-1-8(2-4-10)5-11(13(19)20)16-12(18)9-6-14-15-7-9/h1-4,6-7,11,17H,5H2,(H,14,15)(H,16,18)(H,19,20). The third-order valence-electron chi connectivity index (χ3n) is 2.74. The van der Waals surface area contributed by atoms with Crippen molar-refractivity contribution < 1.29 is 19.8 Å². The van der Waals surface area contributed by atoms with Crippen LogP contribution in [0.15, 0.2) is 36.7 Å². The normalized spacial score (nSPS) is 11.8. The van der Waals surface area contributed by atoms with Crippen molar-refractivity contribution in [3.63, 3.8) is 0 Å². The summed E-state index contributed by atoms with van der Waals surface area (Å²) in [5, 5.41) is 26.9. The molecular formula is C13H13N3O4. The van der Waals surface area contributed by atoms with Gasteiger partial charge in [0.2, 0.25) is 0 Å². The summed E-state index contributed by atoms with van der Waals surface area (Å²) in [4.78, 5) is 23.0. The number of aromatic hydroxyl groups is 1. The molecule has 7 heteroatoms. The van der Waals surface area contributed by atoms with Crippen LogP contribution in [0, 0.1) is 0 Å². The van der Waals surface area contributed by atoms with Gasteiger partial charge < -0.3 is 15.5 Å². The van der Waals surface area contributed by atoms with E-state index in [-0.39, 0.29) is 17.7 Å². The highest BCUT2D eigenvalue weighted by Gasteiger charge is 2.21. The first-order valence-electron chi connectivity index (χ1n) is 5.86. The van der Waals surface area contributed by atoms with Crippen LogP contribution in [-0.2, 0) is 11.2 Å². The van der Waals surface area contributed by atoms with Gasteiger partial charge in [-0.3, -0.25) is 9.89 Å². The van der Waals surface area contributed by atoms with Crippen molar-refractivity contribution in [3.8, 4) is 5.75 Å². The highest BCUT2D eigenvalue weighted by atomic mass is 16.4. The summed E-state index contributed by atoms with van der Waals surface area (Å²) in [6, 6.07) is 5.09. The Hall–Kier alpha value is -2.83. The molecule has 0 aliphatic heterocycles. The Labute approximate surface area is 114 Å². The zero-order valence-corrected chi connectivity index (χ0v) is 10.4. The molecule has 0 spiro atoms. The van der Waals surface area contributed by atoms with Crippen LogP contribution in [0.4, 0.5) is 0 Å². The van der Waals surface area contributed by atoms with Gasteiger partial charge in [0.25, 0.3) is 5.91 Å². The van der Waals surface area contributed by atoms with Gasteiger partial charge in [-0.2, -0.15) is 5.10 Å². The van der Waals surface area contributed by atoms with Crippen molar-refractivity contribution in [1.29, 1.82) is 0 Å². The quantitative estimate of drug-likeness (QED) is 0.635. The van der Waals surface area contributed by atoms with Crippen LogP contribution in [0.25, 0.3) is 0 Å². The molecule has 1 unspecified atom stereocenters. The van der Waals surface area contributed by atoms with Crippen LogP contribution in [0.2, 0.25) is 0 Å². The molecule has 20 heavy (non-hydrogen) atoms. The average molecular weight is 275 g/mol. The predicted octanol–water partition coefficient (Wildman–Crippen LogP) is 0.541. The van der Waals surface area contributed by atoms with Gasteiger partial charge >= 0.3 is 5.97 Å². The van der Waals surface area contributed by atoms with Gasteiger partial charge in [-0.1, -0.05) is 12.1 Å². The van der Waals surface area contributed by atoms with Gasteiger partial charge in [-0.25, -0.2) is 4.79 Å². The zero-order chi connectivity index (χ0) is 14.5. The molecule has 0 fully saturated rings. The van der Waals surface area contributed by atoms with Crippen LogP contribution in [0.5, 0.6) is 5.75 Å². The number of hydrogen-bond donors (Lipinski definition) is 4. The number of carboxylic acid groups (broad SMARTS) is 1. The van der Waals surface area contributed by atoms with Gasteiger partial charge in [0.1, 0.15) is 11.8 Å². The average Bonchev–Trinajstić information content (AvgIpc) is 2.94. The molecule has 2 rings (SSSR count). The number of H-pyrrole nitrogens is 1. The van der Waals surface area contributed by atoms with E-state index in [0.29, 0.717) is 5.56 Å². The summed E-state index contributed by atoms with van der Waals surface area (Å²) in [6.07, 6.45) is 2.82. The van der Waals surface area contributed by atoms with Crippen LogP contribution in [0.3, 0.4) is 0 Å². The molecule has 2 aromatic rings. The smallest absolute Gasteiger partial charge is 0.326 e. The number of aromatic amines is 1. The number of nitrogens with one attached hydrogen (secondary N) is 2. The molecule has 104 valence electrons. The van der Waals surface area contributed by atoms with Crippen molar-refractivity contribution >= 4 is 11.9 Å². The lowest BCUT2D eigenvalue weighted by molar-refractivity contribution is -0.139. The van der Waals surface area contributed by atoms with E-state index in [4.69, 9.17) is 5.11 Å². The van der Waals surface area contributed by atoms with Crippen molar-refractivity contribution in [2.24, 2.45) is 0 Å². The summed E-state index contributed by atoms with van der Waals surface area (Å²) in [6.45, 7) is 0. The number of rotatable bonds is 5. The highest BCUT2D eigenvalue weighted by Crippen LogP contribution is 2.11. The minimum Gasteiger partial charge on any atom is -0.508 e. The van der Waals surface area contributed by atoms with E-state index in [1.165, 1.54) is 24.5 Å².